The Bertz CT molecular complexity index is 853. The molecule has 4 rings (SSSR count). The second-order valence-corrected chi connectivity index (χ2v) is 8.85. The Balaban J connectivity index is 1.26. The summed E-state index contributed by atoms with van der Waals surface area (Å²) < 4.78 is 5.50. The van der Waals surface area contributed by atoms with E-state index in [1.54, 1.807) is 24.3 Å². The highest BCUT2D eigenvalue weighted by Gasteiger charge is 2.25. The summed E-state index contributed by atoms with van der Waals surface area (Å²) in [7, 11) is 0. The van der Waals surface area contributed by atoms with Crippen LogP contribution in [0.2, 0.25) is 0 Å². The van der Waals surface area contributed by atoms with Gasteiger partial charge in [-0.1, -0.05) is 55.7 Å². The SMILES string of the molecule is CC(c1ccc(C2CCCCC2)cc1)N1CCN(C(=O)COc2ccccc2O)CC1. The summed E-state index contributed by atoms with van der Waals surface area (Å²) in [6, 6.07) is 16.3. The first-order chi connectivity index (χ1) is 15.1. The van der Waals surface area contributed by atoms with Crippen molar-refractivity contribution in [2.45, 2.75) is 51.0 Å². The van der Waals surface area contributed by atoms with E-state index in [-0.39, 0.29) is 18.3 Å². The van der Waals surface area contributed by atoms with Crippen LogP contribution in [0.25, 0.3) is 0 Å². The molecule has 31 heavy (non-hydrogen) atoms. The maximum Gasteiger partial charge on any atom is 0.260 e. The Morgan fingerprint density at radius 3 is 2.35 bits per heavy atom. The molecule has 0 spiro atoms. The fourth-order valence-corrected chi connectivity index (χ4v) is 4.86. The summed E-state index contributed by atoms with van der Waals surface area (Å²) in [5.41, 5.74) is 2.85. The van der Waals surface area contributed by atoms with E-state index in [0.717, 1.165) is 19.0 Å². The molecule has 2 aliphatic rings. The fourth-order valence-electron chi connectivity index (χ4n) is 4.86. The van der Waals surface area contributed by atoms with Gasteiger partial charge in [0.15, 0.2) is 18.1 Å². The highest BCUT2D eigenvalue weighted by Crippen LogP contribution is 2.33. The number of amides is 1. The van der Waals surface area contributed by atoms with E-state index < -0.39 is 0 Å². The summed E-state index contributed by atoms with van der Waals surface area (Å²) in [6.45, 7) is 5.33. The van der Waals surface area contributed by atoms with E-state index in [9.17, 15) is 9.90 Å². The number of phenolic OH excluding ortho intramolecular Hbond substituents is 1. The maximum absolute atomic E-state index is 12.5. The molecular weight excluding hydrogens is 388 g/mol. The first-order valence-electron chi connectivity index (χ1n) is 11.6. The zero-order valence-corrected chi connectivity index (χ0v) is 18.5. The second kappa shape index (κ2) is 10.2. The van der Waals surface area contributed by atoms with Crippen LogP contribution in [0.5, 0.6) is 11.5 Å². The van der Waals surface area contributed by atoms with Crippen LogP contribution in [0.4, 0.5) is 0 Å². The largest absolute Gasteiger partial charge is 0.504 e. The van der Waals surface area contributed by atoms with Crippen molar-refractivity contribution >= 4 is 5.91 Å². The Hall–Kier alpha value is -2.53. The third-order valence-electron chi connectivity index (χ3n) is 6.93. The summed E-state index contributed by atoms with van der Waals surface area (Å²) in [5, 5.41) is 9.77. The molecule has 1 unspecified atom stereocenters. The van der Waals surface area contributed by atoms with Gasteiger partial charge in [-0.2, -0.15) is 0 Å². The van der Waals surface area contributed by atoms with Crippen molar-refractivity contribution in [3.8, 4) is 11.5 Å². The molecule has 2 aromatic rings. The number of aromatic hydroxyl groups is 1. The number of rotatable bonds is 6. The van der Waals surface area contributed by atoms with Gasteiger partial charge in [-0.3, -0.25) is 9.69 Å². The highest BCUT2D eigenvalue weighted by molar-refractivity contribution is 5.78. The first-order valence-corrected chi connectivity index (χ1v) is 11.6. The number of nitrogens with zero attached hydrogens (tertiary/aromatic N) is 2. The minimum Gasteiger partial charge on any atom is -0.504 e. The van der Waals surface area contributed by atoms with Gasteiger partial charge in [-0.05, 0) is 48.9 Å². The number of hydrogen-bond acceptors (Lipinski definition) is 4. The number of para-hydroxylation sites is 2. The van der Waals surface area contributed by atoms with E-state index in [0.29, 0.717) is 24.9 Å². The Labute approximate surface area is 185 Å². The number of ether oxygens (including phenoxy) is 1. The maximum atomic E-state index is 12.5. The zero-order valence-electron chi connectivity index (χ0n) is 18.5. The Morgan fingerprint density at radius 2 is 1.68 bits per heavy atom. The van der Waals surface area contributed by atoms with Crippen LogP contribution in [0.3, 0.4) is 0 Å². The molecule has 0 aromatic heterocycles. The van der Waals surface area contributed by atoms with Crippen LogP contribution in [-0.4, -0.2) is 53.6 Å². The number of benzene rings is 2. The van der Waals surface area contributed by atoms with E-state index in [1.165, 1.54) is 43.2 Å². The molecule has 1 amide bonds. The number of carbonyl (C=O) groups excluding carboxylic acids is 1. The van der Waals surface area contributed by atoms with Crippen molar-refractivity contribution in [2.75, 3.05) is 32.8 Å². The lowest BCUT2D eigenvalue weighted by Crippen LogP contribution is -2.50. The van der Waals surface area contributed by atoms with Gasteiger partial charge >= 0.3 is 0 Å². The molecule has 1 aliphatic heterocycles. The van der Waals surface area contributed by atoms with E-state index in [1.807, 2.05) is 4.90 Å². The van der Waals surface area contributed by atoms with Crippen LogP contribution in [0.15, 0.2) is 48.5 Å². The van der Waals surface area contributed by atoms with Crippen molar-refractivity contribution in [3.63, 3.8) is 0 Å². The number of carbonyl (C=O) groups is 1. The molecule has 0 radical (unpaired) electrons. The quantitative estimate of drug-likeness (QED) is 0.732. The van der Waals surface area contributed by atoms with E-state index >= 15 is 0 Å². The van der Waals surface area contributed by atoms with Gasteiger partial charge in [0.2, 0.25) is 0 Å². The standard InChI is InChI=1S/C26H34N2O3/c1-20(21-11-13-23(14-12-21)22-7-3-2-4-8-22)27-15-17-28(18-16-27)26(30)19-31-25-10-6-5-9-24(25)29/h5-6,9-14,20,22,29H,2-4,7-8,15-19H2,1H3. The minimum absolute atomic E-state index is 0.0348. The van der Waals surface area contributed by atoms with Gasteiger partial charge in [-0.15, -0.1) is 0 Å². The third-order valence-corrected chi connectivity index (χ3v) is 6.93. The number of phenols is 1. The zero-order chi connectivity index (χ0) is 21.6. The molecule has 1 aliphatic carbocycles. The molecule has 166 valence electrons. The lowest BCUT2D eigenvalue weighted by molar-refractivity contribution is -0.135. The van der Waals surface area contributed by atoms with Crippen LogP contribution in [0, 0.1) is 0 Å². The Kier molecular flexibility index (Phi) is 7.13. The fraction of sp³-hybridized carbons (Fsp3) is 0.500. The predicted molar refractivity (Wildman–Crippen MR) is 122 cm³/mol. The van der Waals surface area contributed by atoms with Crippen molar-refractivity contribution < 1.29 is 14.6 Å². The van der Waals surface area contributed by atoms with Gasteiger partial charge in [0.1, 0.15) is 0 Å². The van der Waals surface area contributed by atoms with E-state index in [4.69, 9.17) is 4.74 Å². The summed E-state index contributed by atoms with van der Waals surface area (Å²) in [5.74, 6) is 1.11. The topological polar surface area (TPSA) is 53.0 Å². The molecule has 2 fully saturated rings. The van der Waals surface area contributed by atoms with Crippen LogP contribution in [-0.2, 0) is 4.79 Å². The first kappa shape index (κ1) is 21.7. The molecule has 1 atom stereocenters. The van der Waals surface area contributed by atoms with Gasteiger partial charge in [0.05, 0.1) is 0 Å². The van der Waals surface area contributed by atoms with E-state index in [2.05, 4.69) is 36.1 Å². The van der Waals surface area contributed by atoms with Gasteiger partial charge in [-0.25, -0.2) is 0 Å². The predicted octanol–water partition coefficient (Wildman–Crippen LogP) is 4.72. The van der Waals surface area contributed by atoms with Gasteiger partial charge in [0.25, 0.3) is 5.91 Å². The molecular formula is C26H34N2O3. The molecule has 5 nitrogen and oxygen atoms in total. The van der Waals surface area contributed by atoms with Crippen LogP contribution in [0.1, 0.15) is 62.1 Å². The van der Waals surface area contributed by atoms with Crippen molar-refractivity contribution in [1.82, 2.24) is 9.80 Å². The van der Waals surface area contributed by atoms with Crippen LogP contribution < -0.4 is 4.74 Å². The van der Waals surface area contributed by atoms with Crippen molar-refractivity contribution in [3.05, 3.63) is 59.7 Å². The third kappa shape index (κ3) is 5.40. The summed E-state index contributed by atoms with van der Waals surface area (Å²) in [6.07, 6.45) is 6.78. The molecule has 5 heteroatoms. The van der Waals surface area contributed by atoms with Crippen molar-refractivity contribution in [2.24, 2.45) is 0 Å². The number of piperazine rings is 1. The number of hydrogen-bond donors (Lipinski definition) is 1. The minimum atomic E-state index is -0.0459. The lowest BCUT2D eigenvalue weighted by atomic mass is 9.83. The molecule has 1 saturated heterocycles. The Morgan fingerprint density at radius 1 is 1.00 bits per heavy atom. The molecule has 1 N–H and O–H groups in total. The summed E-state index contributed by atoms with van der Waals surface area (Å²) in [4.78, 5) is 16.8. The van der Waals surface area contributed by atoms with Gasteiger partial charge in [0, 0.05) is 32.2 Å². The molecule has 2 aromatic carbocycles. The summed E-state index contributed by atoms with van der Waals surface area (Å²) >= 11 is 0. The average molecular weight is 423 g/mol. The van der Waals surface area contributed by atoms with Crippen molar-refractivity contribution in [1.29, 1.82) is 0 Å². The monoisotopic (exact) mass is 422 g/mol. The van der Waals surface area contributed by atoms with Gasteiger partial charge < -0.3 is 14.7 Å². The smallest absolute Gasteiger partial charge is 0.260 e. The molecule has 1 heterocycles. The normalized spacial score (nSPS) is 19.2. The molecule has 1 saturated carbocycles. The molecule has 0 bridgehead atoms. The highest BCUT2D eigenvalue weighted by atomic mass is 16.5. The second-order valence-electron chi connectivity index (χ2n) is 8.85. The lowest BCUT2D eigenvalue weighted by Gasteiger charge is -2.38. The van der Waals surface area contributed by atoms with Crippen LogP contribution >= 0.6 is 0 Å². The average Bonchev–Trinajstić information content (AvgIpc) is 2.84.